The van der Waals surface area contributed by atoms with Crippen LogP contribution in [0, 0.1) is 13.8 Å². The summed E-state index contributed by atoms with van der Waals surface area (Å²) in [7, 11) is 3.56. The van der Waals surface area contributed by atoms with E-state index >= 15 is 0 Å². The molecule has 0 bridgehead atoms. The smallest absolute Gasteiger partial charge is 0.240 e. The number of anilines is 1. The molecule has 134 valence electrons. The lowest BCUT2D eigenvalue weighted by Gasteiger charge is -2.13. The average Bonchev–Trinajstić information content (AvgIpc) is 3.10. The molecule has 0 aliphatic rings. The van der Waals surface area contributed by atoms with Crippen molar-refractivity contribution in [3.05, 3.63) is 28.9 Å². The SMILES string of the molecule is COCCc1noc(CN(C)Cc2nc(N)c3c(C)c(C)oc3n2)n1. The van der Waals surface area contributed by atoms with Crippen molar-refractivity contribution in [2.24, 2.45) is 0 Å². The minimum Gasteiger partial charge on any atom is -0.443 e. The highest BCUT2D eigenvalue weighted by Crippen LogP contribution is 2.27. The van der Waals surface area contributed by atoms with Gasteiger partial charge in [-0.2, -0.15) is 9.97 Å². The molecular weight excluding hydrogens is 324 g/mol. The van der Waals surface area contributed by atoms with Crippen LogP contribution in [0.4, 0.5) is 5.82 Å². The zero-order chi connectivity index (χ0) is 18.0. The summed E-state index contributed by atoms with van der Waals surface area (Å²) in [5.41, 5.74) is 7.56. The number of methoxy groups -OCH3 is 1. The zero-order valence-corrected chi connectivity index (χ0v) is 14.9. The van der Waals surface area contributed by atoms with E-state index in [4.69, 9.17) is 19.4 Å². The molecule has 0 spiro atoms. The van der Waals surface area contributed by atoms with Crippen molar-refractivity contribution in [3.8, 4) is 0 Å². The van der Waals surface area contributed by atoms with E-state index < -0.39 is 0 Å². The second-order valence-electron chi connectivity index (χ2n) is 6.01. The van der Waals surface area contributed by atoms with Gasteiger partial charge < -0.3 is 19.4 Å². The maximum Gasteiger partial charge on any atom is 0.240 e. The zero-order valence-electron chi connectivity index (χ0n) is 14.9. The fourth-order valence-corrected chi connectivity index (χ4v) is 2.57. The predicted octanol–water partition coefficient (Wildman–Crippen LogP) is 1.63. The largest absolute Gasteiger partial charge is 0.443 e. The molecule has 0 aliphatic carbocycles. The number of hydrogen-bond acceptors (Lipinski definition) is 9. The van der Waals surface area contributed by atoms with Gasteiger partial charge in [0.15, 0.2) is 5.82 Å². The van der Waals surface area contributed by atoms with Crippen LogP contribution in [0.1, 0.15) is 28.9 Å². The highest BCUT2D eigenvalue weighted by Gasteiger charge is 2.16. The number of nitrogens with zero attached hydrogens (tertiary/aromatic N) is 5. The fraction of sp³-hybridized carbons (Fsp3) is 0.500. The lowest BCUT2D eigenvalue weighted by atomic mass is 10.2. The van der Waals surface area contributed by atoms with Gasteiger partial charge in [0.1, 0.15) is 17.4 Å². The first-order chi connectivity index (χ1) is 12.0. The van der Waals surface area contributed by atoms with Crippen molar-refractivity contribution in [3.63, 3.8) is 0 Å². The number of ether oxygens (including phenoxy) is 1. The Bertz CT molecular complexity index is 872. The lowest BCUT2D eigenvalue weighted by Crippen LogP contribution is -2.19. The van der Waals surface area contributed by atoms with Crippen LogP contribution in [0.2, 0.25) is 0 Å². The van der Waals surface area contributed by atoms with E-state index in [0.29, 0.717) is 55.2 Å². The molecule has 9 heteroatoms. The van der Waals surface area contributed by atoms with Gasteiger partial charge in [-0.3, -0.25) is 4.90 Å². The first-order valence-electron chi connectivity index (χ1n) is 7.99. The van der Waals surface area contributed by atoms with Crippen molar-refractivity contribution in [2.45, 2.75) is 33.4 Å². The van der Waals surface area contributed by atoms with Gasteiger partial charge in [0.25, 0.3) is 0 Å². The van der Waals surface area contributed by atoms with Crippen molar-refractivity contribution >= 4 is 16.9 Å². The van der Waals surface area contributed by atoms with E-state index in [-0.39, 0.29) is 0 Å². The molecule has 0 saturated carbocycles. The molecule has 0 aromatic carbocycles. The van der Waals surface area contributed by atoms with Crippen molar-refractivity contribution in [2.75, 3.05) is 26.5 Å². The summed E-state index contributed by atoms with van der Waals surface area (Å²) < 4.78 is 15.9. The second kappa shape index (κ2) is 7.16. The Morgan fingerprint density at radius 3 is 2.68 bits per heavy atom. The molecule has 3 aromatic heterocycles. The van der Waals surface area contributed by atoms with Crippen LogP contribution < -0.4 is 5.73 Å². The van der Waals surface area contributed by atoms with Gasteiger partial charge in [-0.15, -0.1) is 0 Å². The Kier molecular flexibility index (Phi) is 4.95. The molecule has 9 nitrogen and oxygen atoms in total. The summed E-state index contributed by atoms with van der Waals surface area (Å²) in [6, 6.07) is 0. The first kappa shape index (κ1) is 17.3. The molecule has 2 N–H and O–H groups in total. The predicted molar refractivity (Wildman–Crippen MR) is 90.7 cm³/mol. The molecule has 0 saturated heterocycles. The van der Waals surface area contributed by atoms with E-state index in [2.05, 4.69) is 20.1 Å². The Balaban J connectivity index is 1.69. The third kappa shape index (κ3) is 3.77. The summed E-state index contributed by atoms with van der Waals surface area (Å²) in [4.78, 5) is 15.1. The van der Waals surface area contributed by atoms with Crippen LogP contribution >= 0.6 is 0 Å². The Morgan fingerprint density at radius 2 is 1.92 bits per heavy atom. The van der Waals surface area contributed by atoms with Gasteiger partial charge in [-0.1, -0.05) is 5.16 Å². The fourth-order valence-electron chi connectivity index (χ4n) is 2.57. The standard InChI is InChI=1S/C16H22N6O3/c1-9-10(2)24-16-14(9)15(17)19-12(20-16)7-22(3)8-13-18-11(21-25-13)5-6-23-4/h5-8H2,1-4H3,(H2,17,19,20). The van der Waals surface area contributed by atoms with Crippen LogP contribution in [0.15, 0.2) is 8.94 Å². The van der Waals surface area contributed by atoms with Gasteiger partial charge in [-0.05, 0) is 20.9 Å². The Labute approximate surface area is 145 Å². The average molecular weight is 346 g/mol. The number of rotatable bonds is 7. The molecule has 0 unspecified atom stereocenters. The number of aryl methyl sites for hydroxylation is 2. The molecule has 0 radical (unpaired) electrons. The van der Waals surface area contributed by atoms with Gasteiger partial charge in [0, 0.05) is 19.1 Å². The Morgan fingerprint density at radius 1 is 1.12 bits per heavy atom. The van der Waals surface area contributed by atoms with Crippen LogP contribution in [0.25, 0.3) is 11.1 Å². The van der Waals surface area contributed by atoms with E-state index in [1.807, 2.05) is 25.8 Å². The number of nitrogen functional groups attached to an aromatic ring is 1. The quantitative estimate of drug-likeness (QED) is 0.681. The maximum absolute atomic E-state index is 6.07. The third-order valence-electron chi connectivity index (χ3n) is 3.96. The monoisotopic (exact) mass is 346 g/mol. The summed E-state index contributed by atoms with van der Waals surface area (Å²) in [6.07, 6.45) is 0.622. The van der Waals surface area contributed by atoms with Crippen LogP contribution in [-0.2, 0) is 24.2 Å². The topological polar surface area (TPSA) is 116 Å². The van der Waals surface area contributed by atoms with Gasteiger partial charge in [-0.25, -0.2) is 4.98 Å². The first-order valence-corrected chi connectivity index (χ1v) is 7.99. The van der Waals surface area contributed by atoms with Crippen molar-refractivity contribution < 1.29 is 13.7 Å². The summed E-state index contributed by atoms with van der Waals surface area (Å²) in [5, 5.41) is 4.70. The highest BCUT2D eigenvalue weighted by molar-refractivity contribution is 5.88. The van der Waals surface area contributed by atoms with E-state index in [0.717, 1.165) is 16.7 Å². The van der Waals surface area contributed by atoms with Crippen molar-refractivity contribution in [1.82, 2.24) is 25.0 Å². The summed E-state index contributed by atoms with van der Waals surface area (Å²) in [5.74, 6) is 2.99. The third-order valence-corrected chi connectivity index (χ3v) is 3.96. The molecule has 3 rings (SSSR count). The lowest BCUT2D eigenvalue weighted by molar-refractivity contribution is 0.199. The minimum absolute atomic E-state index is 0.433. The number of nitrogens with two attached hydrogens (primary N) is 1. The van der Waals surface area contributed by atoms with E-state index in [1.165, 1.54) is 0 Å². The van der Waals surface area contributed by atoms with Gasteiger partial charge in [0.05, 0.1) is 25.1 Å². The highest BCUT2D eigenvalue weighted by atomic mass is 16.5. The molecule has 0 aliphatic heterocycles. The normalized spacial score (nSPS) is 11.7. The van der Waals surface area contributed by atoms with Gasteiger partial charge >= 0.3 is 0 Å². The molecule has 0 amide bonds. The Hall–Kier alpha value is -2.52. The second-order valence-corrected chi connectivity index (χ2v) is 6.01. The van der Waals surface area contributed by atoms with Gasteiger partial charge in [0.2, 0.25) is 11.6 Å². The number of hydrogen-bond donors (Lipinski definition) is 1. The number of aromatic nitrogens is 4. The van der Waals surface area contributed by atoms with Crippen LogP contribution in [0.3, 0.4) is 0 Å². The molecule has 0 fully saturated rings. The molecule has 25 heavy (non-hydrogen) atoms. The molecular formula is C16H22N6O3. The number of fused-ring (bicyclic) bond motifs is 1. The van der Waals surface area contributed by atoms with E-state index in [1.54, 1.807) is 7.11 Å². The van der Waals surface area contributed by atoms with Crippen LogP contribution in [-0.4, -0.2) is 45.8 Å². The molecule has 3 aromatic rings. The maximum atomic E-state index is 6.07. The molecule has 0 atom stereocenters. The van der Waals surface area contributed by atoms with Crippen LogP contribution in [0.5, 0.6) is 0 Å². The summed E-state index contributed by atoms with van der Waals surface area (Å²) in [6.45, 7) is 5.36. The van der Waals surface area contributed by atoms with E-state index in [9.17, 15) is 0 Å². The summed E-state index contributed by atoms with van der Waals surface area (Å²) >= 11 is 0. The molecule has 3 heterocycles. The van der Waals surface area contributed by atoms with Crippen molar-refractivity contribution in [1.29, 1.82) is 0 Å². The number of furan rings is 1. The minimum atomic E-state index is 0.433.